The zero-order valence-corrected chi connectivity index (χ0v) is 10.9. The van der Waals surface area contributed by atoms with E-state index in [-0.39, 0.29) is 10.7 Å². The van der Waals surface area contributed by atoms with E-state index in [1.165, 1.54) is 18.3 Å². The summed E-state index contributed by atoms with van der Waals surface area (Å²) in [5.41, 5.74) is 0.434. The third-order valence-corrected chi connectivity index (χ3v) is 2.34. The second-order valence-corrected chi connectivity index (χ2v) is 4.02. The summed E-state index contributed by atoms with van der Waals surface area (Å²) in [4.78, 5) is 17.2. The van der Waals surface area contributed by atoms with Crippen molar-refractivity contribution in [2.75, 3.05) is 0 Å². The van der Waals surface area contributed by atoms with Crippen molar-refractivity contribution in [2.45, 2.75) is 6.43 Å². The molecule has 0 aliphatic heterocycles. The molecule has 0 radical (unpaired) electrons. The van der Waals surface area contributed by atoms with Crippen LogP contribution in [-0.4, -0.2) is 16.3 Å². The number of carbonyl (C=O) groups excluding carboxylic acids is 1. The van der Waals surface area contributed by atoms with E-state index in [0.29, 0.717) is 10.7 Å². The van der Waals surface area contributed by atoms with Crippen LogP contribution in [0.1, 0.15) is 22.3 Å². The maximum atomic E-state index is 11.8. The van der Waals surface area contributed by atoms with Gasteiger partial charge < -0.3 is 0 Å². The average molecular weight is 305 g/mol. The Morgan fingerprint density at radius 1 is 1.00 bits per heavy atom. The number of halogens is 4. The maximum Gasteiger partial charge on any atom is 0.265 e. The lowest BCUT2D eigenvalue weighted by Gasteiger charge is -1.95. The first-order chi connectivity index (χ1) is 9.02. The molecule has 0 aliphatic carbocycles. The highest BCUT2D eigenvalue weighted by molar-refractivity contribution is 6.29. The molecule has 2 rings (SSSR count). The number of carbonyl (C=O) groups is 1. The Kier molecular flexibility index (Phi) is 6.32. The van der Waals surface area contributed by atoms with Crippen LogP contribution in [0.15, 0.2) is 36.7 Å². The van der Waals surface area contributed by atoms with Gasteiger partial charge in [0, 0.05) is 23.5 Å². The van der Waals surface area contributed by atoms with Gasteiger partial charge in [-0.25, -0.2) is 18.7 Å². The highest BCUT2D eigenvalue weighted by Crippen LogP contribution is 2.18. The van der Waals surface area contributed by atoms with Crippen molar-refractivity contribution >= 4 is 29.5 Å². The molecule has 0 spiro atoms. The van der Waals surface area contributed by atoms with Crippen LogP contribution < -0.4 is 0 Å². The summed E-state index contributed by atoms with van der Waals surface area (Å²) in [5, 5.41) is 0.630. The van der Waals surface area contributed by atoms with E-state index in [9.17, 15) is 13.6 Å². The number of hydrogen-bond acceptors (Lipinski definition) is 3. The molecular weight excluding hydrogens is 297 g/mol. The fraction of sp³-hybridized carbons (Fsp3) is 0.0833. The van der Waals surface area contributed by atoms with Gasteiger partial charge in [-0.2, -0.15) is 0 Å². The average Bonchev–Trinajstić information content (AvgIpc) is 2.41. The van der Waals surface area contributed by atoms with Gasteiger partial charge in [-0.15, -0.1) is 0 Å². The first-order valence-electron chi connectivity index (χ1n) is 4.99. The smallest absolute Gasteiger partial charge is 0.265 e. The van der Waals surface area contributed by atoms with Gasteiger partial charge in [-0.1, -0.05) is 23.2 Å². The van der Waals surface area contributed by atoms with E-state index in [2.05, 4.69) is 9.97 Å². The molecule has 0 amide bonds. The van der Waals surface area contributed by atoms with E-state index in [4.69, 9.17) is 23.2 Å². The van der Waals surface area contributed by atoms with Gasteiger partial charge in [0.2, 0.25) is 0 Å². The molecule has 0 saturated carbocycles. The zero-order chi connectivity index (χ0) is 14.3. The number of hydrogen-bond donors (Lipinski definition) is 0. The van der Waals surface area contributed by atoms with Gasteiger partial charge in [0.05, 0.1) is 0 Å². The Balaban J connectivity index is 0.000000191. The Hall–Kier alpha value is -1.59. The summed E-state index contributed by atoms with van der Waals surface area (Å²) < 4.78 is 23.6. The minimum atomic E-state index is -2.47. The number of pyridine rings is 2. The Morgan fingerprint density at radius 3 is 1.95 bits per heavy atom. The number of nitrogens with zero attached hydrogens (tertiary/aromatic N) is 2. The second-order valence-electron chi connectivity index (χ2n) is 3.25. The van der Waals surface area contributed by atoms with Crippen LogP contribution in [0, 0.1) is 0 Å². The molecule has 2 aromatic rings. The SMILES string of the molecule is FC(F)c1ccc(Cl)nc1.O=Cc1ccc(Cl)nc1. The molecule has 100 valence electrons. The Labute approximate surface area is 118 Å². The van der Waals surface area contributed by atoms with E-state index >= 15 is 0 Å². The van der Waals surface area contributed by atoms with Crippen LogP contribution >= 0.6 is 23.2 Å². The number of rotatable bonds is 2. The van der Waals surface area contributed by atoms with Crippen LogP contribution in [0.4, 0.5) is 8.78 Å². The summed E-state index contributed by atoms with van der Waals surface area (Å²) in [6.07, 6.45) is 0.746. The largest absolute Gasteiger partial charge is 0.298 e. The van der Waals surface area contributed by atoms with Crippen molar-refractivity contribution in [3.8, 4) is 0 Å². The van der Waals surface area contributed by atoms with Crippen LogP contribution in [0.25, 0.3) is 0 Å². The maximum absolute atomic E-state index is 11.8. The predicted octanol–water partition coefficient (Wildman–Crippen LogP) is 4.22. The van der Waals surface area contributed by atoms with Crippen LogP contribution in [0.5, 0.6) is 0 Å². The van der Waals surface area contributed by atoms with Crippen molar-refractivity contribution in [2.24, 2.45) is 0 Å². The van der Waals surface area contributed by atoms with E-state index in [0.717, 1.165) is 12.5 Å². The topological polar surface area (TPSA) is 42.9 Å². The molecule has 0 saturated heterocycles. The molecule has 3 nitrogen and oxygen atoms in total. The third kappa shape index (κ3) is 5.72. The second kappa shape index (κ2) is 7.76. The monoisotopic (exact) mass is 304 g/mol. The van der Waals surface area contributed by atoms with Crippen LogP contribution in [-0.2, 0) is 0 Å². The normalized spacial score (nSPS) is 9.74. The molecule has 0 aromatic carbocycles. The third-order valence-electron chi connectivity index (χ3n) is 1.89. The summed E-state index contributed by atoms with van der Waals surface area (Å²) in [6, 6.07) is 5.77. The standard InChI is InChI=1S/C6H4ClF2N.C6H4ClNO/c7-5-2-1-4(3-10-5)6(8)9;7-6-2-1-5(4-9)3-8-6/h1-3,6H;1-4H. The van der Waals surface area contributed by atoms with Crippen molar-refractivity contribution in [3.05, 3.63) is 58.1 Å². The van der Waals surface area contributed by atoms with E-state index in [1.807, 2.05) is 0 Å². The van der Waals surface area contributed by atoms with Crippen molar-refractivity contribution in [1.82, 2.24) is 9.97 Å². The fourth-order valence-corrected chi connectivity index (χ4v) is 1.20. The quantitative estimate of drug-likeness (QED) is 0.616. The van der Waals surface area contributed by atoms with Gasteiger partial charge in [0.15, 0.2) is 6.29 Å². The summed E-state index contributed by atoms with van der Waals surface area (Å²) in [7, 11) is 0. The molecular formula is C12H8Cl2F2N2O. The minimum absolute atomic E-state index is 0.107. The zero-order valence-electron chi connectivity index (χ0n) is 9.43. The van der Waals surface area contributed by atoms with Gasteiger partial charge in [0.25, 0.3) is 6.43 Å². The Morgan fingerprint density at radius 2 is 1.58 bits per heavy atom. The highest BCUT2D eigenvalue weighted by atomic mass is 35.5. The van der Waals surface area contributed by atoms with Gasteiger partial charge in [-0.05, 0) is 24.3 Å². The van der Waals surface area contributed by atoms with E-state index < -0.39 is 6.43 Å². The van der Waals surface area contributed by atoms with Gasteiger partial charge >= 0.3 is 0 Å². The molecule has 0 aliphatic rings. The summed E-state index contributed by atoms with van der Waals surface area (Å²) in [5.74, 6) is 0. The summed E-state index contributed by atoms with van der Waals surface area (Å²) >= 11 is 10.8. The lowest BCUT2D eigenvalue weighted by molar-refractivity contribution is 0.112. The lowest BCUT2D eigenvalue weighted by Crippen LogP contribution is -1.84. The number of alkyl halides is 2. The van der Waals surface area contributed by atoms with E-state index in [1.54, 1.807) is 12.1 Å². The molecule has 0 fully saturated rings. The Bertz CT molecular complexity index is 518. The van der Waals surface area contributed by atoms with Crippen LogP contribution in [0.3, 0.4) is 0 Å². The minimum Gasteiger partial charge on any atom is -0.298 e. The number of aldehydes is 1. The molecule has 0 N–H and O–H groups in total. The van der Waals surface area contributed by atoms with Crippen molar-refractivity contribution in [1.29, 1.82) is 0 Å². The molecule has 0 bridgehead atoms. The number of aromatic nitrogens is 2. The summed E-state index contributed by atoms with van der Waals surface area (Å²) in [6.45, 7) is 0. The molecule has 0 atom stereocenters. The molecule has 2 aromatic heterocycles. The first kappa shape index (κ1) is 15.5. The highest BCUT2D eigenvalue weighted by Gasteiger charge is 2.05. The molecule has 0 unspecified atom stereocenters. The molecule has 19 heavy (non-hydrogen) atoms. The van der Waals surface area contributed by atoms with Crippen molar-refractivity contribution < 1.29 is 13.6 Å². The lowest BCUT2D eigenvalue weighted by atomic mass is 10.3. The van der Waals surface area contributed by atoms with Crippen LogP contribution in [0.2, 0.25) is 10.3 Å². The van der Waals surface area contributed by atoms with Gasteiger partial charge in [-0.3, -0.25) is 4.79 Å². The fourth-order valence-electron chi connectivity index (χ4n) is 0.973. The first-order valence-corrected chi connectivity index (χ1v) is 5.75. The van der Waals surface area contributed by atoms with Gasteiger partial charge in [0.1, 0.15) is 10.3 Å². The molecule has 2 heterocycles. The predicted molar refractivity (Wildman–Crippen MR) is 68.8 cm³/mol. The van der Waals surface area contributed by atoms with Crippen molar-refractivity contribution in [3.63, 3.8) is 0 Å². The molecule has 7 heteroatoms.